The van der Waals surface area contributed by atoms with Crippen LogP contribution in [-0.4, -0.2) is 37.6 Å². The van der Waals surface area contributed by atoms with E-state index in [-0.39, 0.29) is 17.5 Å². The fourth-order valence-corrected chi connectivity index (χ4v) is 6.88. The highest BCUT2D eigenvalue weighted by Crippen LogP contribution is 2.60. The summed E-state index contributed by atoms with van der Waals surface area (Å²) in [5.74, 6) is 3.02. The van der Waals surface area contributed by atoms with Crippen LogP contribution in [0.2, 0.25) is 0 Å². The average Bonchev–Trinajstić information content (AvgIpc) is 2.62. The molecular formula is C25H45NO2. The van der Waals surface area contributed by atoms with Crippen LogP contribution in [0.5, 0.6) is 0 Å². The number of ether oxygens (including phenoxy) is 1. The zero-order valence-electron chi connectivity index (χ0n) is 19.0. The first-order valence-corrected chi connectivity index (χ1v) is 12.3. The normalized spacial score (nSPS) is 33.2. The summed E-state index contributed by atoms with van der Waals surface area (Å²) in [7, 11) is 4.28. The van der Waals surface area contributed by atoms with Crippen molar-refractivity contribution >= 4 is 5.97 Å². The van der Waals surface area contributed by atoms with Gasteiger partial charge in [0.2, 0.25) is 0 Å². The van der Waals surface area contributed by atoms with Gasteiger partial charge in [-0.3, -0.25) is 4.79 Å². The van der Waals surface area contributed by atoms with Crippen molar-refractivity contribution in [2.75, 3.05) is 20.6 Å². The van der Waals surface area contributed by atoms with Crippen LogP contribution in [0.1, 0.15) is 97.3 Å². The van der Waals surface area contributed by atoms with Gasteiger partial charge in [-0.2, -0.15) is 0 Å². The Hall–Kier alpha value is -0.570. The second-order valence-electron chi connectivity index (χ2n) is 10.9. The molecule has 0 aromatic carbocycles. The maximum absolute atomic E-state index is 13.3. The first kappa shape index (κ1) is 22.1. The molecule has 4 bridgehead atoms. The van der Waals surface area contributed by atoms with Crippen LogP contribution in [0.15, 0.2) is 0 Å². The van der Waals surface area contributed by atoms with Crippen LogP contribution in [0.4, 0.5) is 0 Å². The molecule has 2 unspecified atom stereocenters. The number of hydrogen-bond acceptors (Lipinski definition) is 3. The van der Waals surface area contributed by atoms with E-state index in [1.807, 2.05) is 0 Å². The zero-order valence-corrected chi connectivity index (χ0v) is 19.0. The Morgan fingerprint density at radius 3 is 2.04 bits per heavy atom. The minimum absolute atomic E-state index is 0.0403. The molecule has 4 saturated carbocycles. The van der Waals surface area contributed by atoms with Crippen LogP contribution >= 0.6 is 0 Å². The molecule has 28 heavy (non-hydrogen) atoms. The number of nitrogens with zero attached hydrogens (tertiary/aromatic N) is 1. The number of esters is 1. The average molecular weight is 392 g/mol. The Kier molecular flexibility index (Phi) is 7.87. The second kappa shape index (κ2) is 9.96. The third-order valence-electron chi connectivity index (χ3n) is 7.96. The minimum Gasteiger partial charge on any atom is -0.462 e. The predicted octanol–water partition coefficient (Wildman–Crippen LogP) is 6.06. The standard InChI is InChI=1S/C25H45NO2/c1-5-6-7-8-9-10-11-23(18-26(3)4)19(2)28-24(27)25-15-20-12-21(16-25)14-22(13-20)17-25/h19-23H,5-18H2,1-4H3. The summed E-state index contributed by atoms with van der Waals surface area (Å²) < 4.78 is 6.23. The lowest BCUT2D eigenvalue weighted by atomic mass is 9.49. The number of carbonyl (C=O) groups is 1. The molecule has 0 N–H and O–H groups in total. The van der Waals surface area contributed by atoms with Gasteiger partial charge in [0.1, 0.15) is 6.10 Å². The Labute approximate surface area is 174 Å². The van der Waals surface area contributed by atoms with E-state index in [9.17, 15) is 4.79 Å². The van der Waals surface area contributed by atoms with Gasteiger partial charge in [-0.05, 0) is 83.7 Å². The van der Waals surface area contributed by atoms with E-state index in [1.165, 1.54) is 64.2 Å². The van der Waals surface area contributed by atoms with E-state index in [0.717, 1.165) is 43.6 Å². The molecule has 0 radical (unpaired) electrons. The summed E-state index contributed by atoms with van der Waals surface area (Å²) >= 11 is 0. The Morgan fingerprint density at radius 2 is 1.50 bits per heavy atom. The van der Waals surface area contributed by atoms with E-state index in [2.05, 4.69) is 32.8 Å². The highest BCUT2D eigenvalue weighted by molar-refractivity contribution is 5.77. The van der Waals surface area contributed by atoms with E-state index >= 15 is 0 Å². The van der Waals surface area contributed by atoms with Crippen LogP contribution in [0.25, 0.3) is 0 Å². The molecule has 0 spiro atoms. The van der Waals surface area contributed by atoms with Crippen LogP contribution in [0.3, 0.4) is 0 Å². The monoisotopic (exact) mass is 391 g/mol. The lowest BCUT2D eigenvalue weighted by Gasteiger charge is -2.55. The Morgan fingerprint density at radius 1 is 0.964 bits per heavy atom. The molecule has 2 atom stereocenters. The van der Waals surface area contributed by atoms with E-state index in [1.54, 1.807) is 0 Å². The van der Waals surface area contributed by atoms with Crippen molar-refractivity contribution in [2.24, 2.45) is 29.1 Å². The van der Waals surface area contributed by atoms with Crippen molar-refractivity contribution in [1.29, 1.82) is 0 Å². The quantitative estimate of drug-likeness (QED) is 0.299. The predicted molar refractivity (Wildman–Crippen MR) is 116 cm³/mol. The van der Waals surface area contributed by atoms with Gasteiger partial charge in [0.05, 0.1) is 5.41 Å². The molecule has 4 aliphatic rings. The summed E-state index contributed by atoms with van der Waals surface area (Å²) in [6.45, 7) is 5.45. The van der Waals surface area contributed by atoms with Gasteiger partial charge in [-0.15, -0.1) is 0 Å². The number of carbonyl (C=O) groups excluding carboxylic acids is 1. The largest absolute Gasteiger partial charge is 0.462 e. The van der Waals surface area contributed by atoms with Gasteiger partial charge in [-0.1, -0.05) is 45.4 Å². The third kappa shape index (κ3) is 5.52. The first-order chi connectivity index (χ1) is 13.4. The maximum atomic E-state index is 13.3. The maximum Gasteiger partial charge on any atom is 0.312 e. The van der Waals surface area contributed by atoms with Gasteiger partial charge in [0, 0.05) is 12.5 Å². The molecule has 4 fully saturated rings. The molecule has 0 amide bonds. The molecule has 3 heteroatoms. The van der Waals surface area contributed by atoms with Crippen molar-refractivity contribution < 1.29 is 9.53 Å². The molecule has 0 aromatic heterocycles. The summed E-state index contributed by atoms with van der Waals surface area (Å²) in [6, 6.07) is 0. The molecule has 162 valence electrons. The number of unbranched alkanes of at least 4 members (excludes halogenated alkanes) is 5. The van der Waals surface area contributed by atoms with Crippen LogP contribution in [0, 0.1) is 29.1 Å². The van der Waals surface area contributed by atoms with Gasteiger partial charge in [0.15, 0.2) is 0 Å². The summed E-state index contributed by atoms with van der Waals surface area (Å²) in [6.07, 6.45) is 16.7. The second-order valence-corrected chi connectivity index (χ2v) is 10.9. The van der Waals surface area contributed by atoms with Gasteiger partial charge < -0.3 is 9.64 Å². The number of rotatable bonds is 12. The zero-order chi connectivity index (χ0) is 20.1. The van der Waals surface area contributed by atoms with E-state index in [0.29, 0.717) is 5.92 Å². The van der Waals surface area contributed by atoms with Crippen molar-refractivity contribution in [3.63, 3.8) is 0 Å². The minimum atomic E-state index is -0.119. The lowest BCUT2D eigenvalue weighted by Crippen LogP contribution is -2.51. The van der Waals surface area contributed by atoms with Crippen LogP contribution < -0.4 is 0 Å². The fraction of sp³-hybridized carbons (Fsp3) is 0.960. The SMILES string of the molecule is CCCCCCCCC(CN(C)C)C(C)OC(=O)C12CC3CC(CC(C3)C1)C2. The van der Waals surface area contributed by atoms with Crippen molar-refractivity contribution in [2.45, 2.75) is 103 Å². The van der Waals surface area contributed by atoms with Gasteiger partial charge in [0.25, 0.3) is 0 Å². The van der Waals surface area contributed by atoms with Gasteiger partial charge >= 0.3 is 5.97 Å². The molecule has 4 rings (SSSR count). The van der Waals surface area contributed by atoms with Crippen LogP contribution in [-0.2, 0) is 9.53 Å². The van der Waals surface area contributed by atoms with Crippen molar-refractivity contribution in [1.82, 2.24) is 4.90 Å². The molecule has 0 heterocycles. The highest BCUT2D eigenvalue weighted by atomic mass is 16.5. The Balaban J connectivity index is 1.51. The molecular weight excluding hydrogens is 346 g/mol. The third-order valence-corrected chi connectivity index (χ3v) is 7.96. The molecule has 3 nitrogen and oxygen atoms in total. The molecule has 4 aliphatic carbocycles. The topological polar surface area (TPSA) is 29.5 Å². The highest BCUT2D eigenvalue weighted by Gasteiger charge is 2.55. The summed E-state index contributed by atoms with van der Waals surface area (Å²) in [5.41, 5.74) is -0.119. The summed E-state index contributed by atoms with van der Waals surface area (Å²) in [4.78, 5) is 15.6. The summed E-state index contributed by atoms with van der Waals surface area (Å²) in [5, 5.41) is 0. The smallest absolute Gasteiger partial charge is 0.312 e. The van der Waals surface area contributed by atoms with Gasteiger partial charge in [-0.25, -0.2) is 0 Å². The fourth-order valence-electron chi connectivity index (χ4n) is 6.88. The Bertz CT molecular complexity index is 465. The molecule has 0 aromatic rings. The van der Waals surface area contributed by atoms with Crippen molar-refractivity contribution in [3.8, 4) is 0 Å². The lowest BCUT2D eigenvalue weighted by molar-refractivity contribution is -0.179. The first-order valence-electron chi connectivity index (χ1n) is 12.3. The van der Waals surface area contributed by atoms with Crippen molar-refractivity contribution in [3.05, 3.63) is 0 Å². The molecule has 0 aliphatic heterocycles. The number of hydrogen-bond donors (Lipinski definition) is 0. The van der Waals surface area contributed by atoms with E-state index < -0.39 is 0 Å². The van der Waals surface area contributed by atoms with E-state index in [4.69, 9.17) is 4.74 Å². The molecule has 0 saturated heterocycles.